The van der Waals surface area contributed by atoms with Gasteiger partial charge in [-0.25, -0.2) is 13.9 Å². The van der Waals surface area contributed by atoms with Crippen molar-refractivity contribution in [2.45, 2.75) is 25.8 Å². The lowest BCUT2D eigenvalue weighted by Gasteiger charge is -2.14. The maximum Gasteiger partial charge on any atom is 0.356 e. The molecule has 23 heavy (non-hydrogen) atoms. The predicted octanol–water partition coefficient (Wildman–Crippen LogP) is 1.97. The fourth-order valence-corrected chi connectivity index (χ4v) is 2.53. The second kappa shape index (κ2) is 6.73. The number of carbonyl (C=O) groups is 1. The highest BCUT2D eigenvalue weighted by Crippen LogP contribution is 2.35. The van der Waals surface area contributed by atoms with Crippen LogP contribution in [-0.2, 0) is 16.6 Å². The van der Waals surface area contributed by atoms with Gasteiger partial charge in [-0.1, -0.05) is 19.4 Å². The Balaban J connectivity index is 1.90. The average molecular weight is 317 g/mol. The van der Waals surface area contributed by atoms with Crippen molar-refractivity contribution in [1.29, 1.82) is 0 Å². The van der Waals surface area contributed by atoms with Gasteiger partial charge >= 0.3 is 5.97 Å². The van der Waals surface area contributed by atoms with Crippen LogP contribution in [-0.4, -0.2) is 23.9 Å². The molecule has 0 saturated carbocycles. The summed E-state index contributed by atoms with van der Waals surface area (Å²) in [6.45, 7) is 2.71. The Morgan fingerprint density at radius 1 is 1.39 bits per heavy atom. The number of aromatic nitrogens is 2. The molecule has 1 aliphatic heterocycles. The van der Waals surface area contributed by atoms with Crippen molar-refractivity contribution in [3.05, 3.63) is 42.5 Å². The second-order valence-electron chi connectivity index (χ2n) is 5.56. The Hall–Kier alpha value is -2.50. The molecule has 1 unspecified atom stereocenters. The first-order valence-corrected chi connectivity index (χ1v) is 7.78. The molecule has 0 fully saturated rings. The third-order valence-electron chi connectivity index (χ3n) is 3.77. The van der Waals surface area contributed by atoms with E-state index in [0.29, 0.717) is 18.1 Å². The SMILES string of the molecule is CCCCOC(=O)C(c1ccc2c(c1)OCO2)n1cc[n+](C)c1. The van der Waals surface area contributed by atoms with Gasteiger partial charge in [0.25, 0.3) is 0 Å². The standard InChI is InChI=1S/C17H21N2O4/c1-3-4-9-21-17(20)16(19-8-7-18(2)11-19)13-5-6-14-15(10-13)23-12-22-14/h5-8,10-11,16H,3-4,9,12H2,1-2H3/q+1. The van der Waals surface area contributed by atoms with Gasteiger partial charge in [-0.15, -0.1) is 0 Å². The molecule has 1 aliphatic rings. The van der Waals surface area contributed by atoms with Gasteiger partial charge in [0.15, 0.2) is 11.5 Å². The van der Waals surface area contributed by atoms with Crippen LogP contribution in [0, 0.1) is 0 Å². The van der Waals surface area contributed by atoms with Crippen LogP contribution in [0.2, 0.25) is 0 Å². The summed E-state index contributed by atoms with van der Waals surface area (Å²) in [7, 11) is 1.91. The Kier molecular flexibility index (Phi) is 4.50. The summed E-state index contributed by atoms with van der Waals surface area (Å²) in [4.78, 5) is 12.6. The first kappa shape index (κ1) is 15.4. The molecule has 2 aromatic rings. The molecule has 0 aliphatic carbocycles. The minimum absolute atomic E-state index is 0.211. The summed E-state index contributed by atoms with van der Waals surface area (Å²) in [6.07, 6.45) is 7.45. The van der Waals surface area contributed by atoms with Gasteiger partial charge in [-0.3, -0.25) is 0 Å². The van der Waals surface area contributed by atoms with Crippen molar-refractivity contribution in [1.82, 2.24) is 4.57 Å². The molecule has 0 spiro atoms. The van der Waals surface area contributed by atoms with Crippen LogP contribution in [0.3, 0.4) is 0 Å². The largest absolute Gasteiger partial charge is 0.462 e. The molecular formula is C17H21N2O4+. The number of unbranched alkanes of at least 4 members (excludes halogenated alkanes) is 1. The third-order valence-corrected chi connectivity index (χ3v) is 3.77. The first-order valence-electron chi connectivity index (χ1n) is 7.78. The summed E-state index contributed by atoms with van der Waals surface area (Å²) in [5.74, 6) is 1.09. The molecular weight excluding hydrogens is 296 g/mol. The van der Waals surface area contributed by atoms with E-state index in [2.05, 4.69) is 6.92 Å². The highest BCUT2D eigenvalue weighted by Gasteiger charge is 2.30. The fourth-order valence-electron chi connectivity index (χ4n) is 2.53. The Morgan fingerprint density at radius 3 is 2.96 bits per heavy atom. The van der Waals surface area contributed by atoms with Gasteiger partial charge in [-0.05, 0) is 18.6 Å². The maximum atomic E-state index is 12.6. The van der Waals surface area contributed by atoms with Crippen molar-refractivity contribution in [2.24, 2.45) is 7.05 Å². The zero-order chi connectivity index (χ0) is 16.2. The number of hydrogen-bond donors (Lipinski definition) is 0. The van der Waals surface area contributed by atoms with E-state index in [1.807, 2.05) is 53.1 Å². The number of carbonyl (C=O) groups excluding carboxylic acids is 1. The van der Waals surface area contributed by atoms with Gasteiger partial charge < -0.3 is 14.2 Å². The summed E-state index contributed by atoms with van der Waals surface area (Å²) in [6, 6.07) is 5.00. The van der Waals surface area contributed by atoms with Gasteiger partial charge in [0, 0.05) is 5.56 Å². The normalized spacial score (nSPS) is 13.8. The van der Waals surface area contributed by atoms with Gasteiger partial charge in [0.1, 0.15) is 12.4 Å². The monoisotopic (exact) mass is 317 g/mol. The molecule has 0 saturated heterocycles. The molecule has 0 radical (unpaired) electrons. The Bertz CT molecular complexity index is 696. The number of ether oxygens (including phenoxy) is 3. The van der Waals surface area contributed by atoms with Crippen molar-refractivity contribution in [3.8, 4) is 11.5 Å². The van der Waals surface area contributed by atoms with Crippen LogP contribution in [0.25, 0.3) is 0 Å². The van der Waals surface area contributed by atoms with E-state index in [-0.39, 0.29) is 12.8 Å². The van der Waals surface area contributed by atoms with Gasteiger partial charge in [0.2, 0.25) is 19.2 Å². The van der Waals surface area contributed by atoms with E-state index in [1.165, 1.54) is 0 Å². The summed E-state index contributed by atoms with van der Waals surface area (Å²) >= 11 is 0. The van der Waals surface area contributed by atoms with Gasteiger partial charge in [0.05, 0.1) is 13.7 Å². The van der Waals surface area contributed by atoms with Crippen LogP contribution < -0.4 is 14.0 Å². The van der Waals surface area contributed by atoms with E-state index < -0.39 is 6.04 Å². The van der Waals surface area contributed by atoms with Crippen LogP contribution in [0.5, 0.6) is 11.5 Å². The number of nitrogens with zero attached hydrogens (tertiary/aromatic N) is 2. The second-order valence-corrected chi connectivity index (χ2v) is 5.56. The van der Waals surface area contributed by atoms with Crippen LogP contribution >= 0.6 is 0 Å². The maximum absolute atomic E-state index is 12.6. The van der Waals surface area contributed by atoms with E-state index >= 15 is 0 Å². The number of fused-ring (bicyclic) bond motifs is 1. The zero-order valence-corrected chi connectivity index (χ0v) is 13.4. The molecule has 0 N–H and O–H groups in total. The number of rotatable bonds is 6. The summed E-state index contributed by atoms with van der Waals surface area (Å²) in [5.41, 5.74) is 0.812. The molecule has 6 heteroatoms. The van der Waals surface area contributed by atoms with Crippen LogP contribution in [0.4, 0.5) is 0 Å². The molecule has 122 valence electrons. The Labute approximate surface area is 135 Å². The summed E-state index contributed by atoms with van der Waals surface area (Å²) in [5, 5.41) is 0. The summed E-state index contributed by atoms with van der Waals surface area (Å²) < 4.78 is 19.9. The highest BCUT2D eigenvalue weighted by molar-refractivity contribution is 5.78. The zero-order valence-electron chi connectivity index (χ0n) is 13.4. The molecule has 3 rings (SSSR count). The molecule has 0 amide bonds. The number of imidazole rings is 1. The van der Waals surface area contributed by atoms with Crippen LogP contribution in [0.1, 0.15) is 31.4 Å². The van der Waals surface area contributed by atoms with Crippen molar-refractivity contribution in [2.75, 3.05) is 13.4 Å². The van der Waals surface area contributed by atoms with Gasteiger partial charge in [-0.2, -0.15) is 0 Å². The minimum Gasteiger partial charge on any atom is -0.462 e. The molecule has 0 bridgehead atoms. The van der Waals surface area contributed by atoms with Crippen molar-refractivity contribution in [3.63, 3.8) is 0 Å². The predicted molar refractivity (Wildman–Crippen MR) is 82.2 cm³/mol. The quantitative estimate of drug-likeness (QED) is 0.464. The molecule has 1 aromatic carbocycles. The highest BCUT2D eigenvalue weighted by atomic mass is 16.7. The van der Waals surface area contributed by atoms with Crippen LogP contribution in [0.15, 0.2) is 36.9 Å². The number of hydrogen-bond acceptors (Lipinski definition) is 4. The van der Waals surface area contributed by atoms with E-state index in [9.17, 15) is 4.79 Å². The minimum atomic E-state index is -0.539. The molecule has 1 aromatic heterocycles. The number of esters is 1. The lowest BCUT2D eigenvalue weighted by molar-refractivity contribution is -0.671. The molecule has 2 heterocycles. The van der Waals surface area contributed by atoms with Crippen molar-refractivity contribution >= 4 is 5.97 Å². The van der Waals surface area contributed by atoms with Crippen molar-refractivity contribution < 1.29 is 23.6 Å². The van der Waals surface area contributed by atoms with E-state index in [1.54, 1.807) is 0 Å². The fraction of sp³-hybridized carbons (Fsp3) is 0.412. The number of benzene rings is 1. The Morgan fingerprint density at radius 2 is 2.22 bits per heavy atom. The topological polar surface area (TPSA) is 53.6 Å². The average Bonchev–Trinajstić information content (AvgIpc) is 3.16. The smallest absolute Gasteiger partial charge is 0.356 e. The first-order chi connectivity index (χ1) is 11.2. The lowest BCUT2D eigenvalue weighted by Crippen LogP contribution is -2.27. The number of aryl methyl sites for hydroxylation is 1. The molecule has 6 nitrogen and oxygen atoms in total. The lowest BCUT2D eigenvalue weighted by atomic mass is 10.1. The van der Waals surface area contributed by atoms with E-state index in [4.69, 9.17) is 14.2 Å². The third kappa shape index (κ3) is 3.31. The molecule has 1 atom stereocenters. The van der Waals surface area contributed by atoms with E-state index in [0.717, 1.165) is 18.4 Å².